The smallest absolute Gasteiger partial charge is 0.352 e. The summed E-state index contributed by atoms with van der Waals surface area (Å²) < 4.78 is 7.06. The van der Waals surface area contributed by atoms with Crippen LogP contribution in [0.4, 0.5) is 0 Å². The summed E-state index contributed by atoms with van der Waals surface area (Å²) in [6.45, 7) is 4.15. The molecule has 1 aromatic heterocycles. The van der Waals surface area contributed by atoms with Crippen molar-refractivity contribution in [2.45, 2.75) is 32.7 Å². The molecule has 0 aliphatic rings. The second-order valence-corrected chi connectivity index (χ2v) is 4.30. The summed E-state index contributed by atoms with van der Waals surface area (Å²) in [5, 5.41) is 9.39. The first kappa shape index (κ1) is 14.1. The summed E-state index contributed by atoms with van der Waals surface area (Å²) in [6.07, 6.45) is 4.61. The Kier molecular flexibility index (Phi) is 6.08. The number of hydrogen-bond donors (Lipinski definition) is 1. The molecular formula is C12H18ClNO3. The van der Waals surface area contributed by atoms with E-state index >= 15 is 0 Å². The maximum atomic E-state index is 10.9. The highest BCUT2D eigenvalue weighted by Crippen LogP contribution is 2.14. The van der Waals surface area contributed by atoms with Gasteiger partial charge < -0.3 is 14.4 Å². The van der Waals surface area contributed by atoms with Gasteiger partial charge in [-0.15, -0.1) is 0 Å². The first-order chi connectivity index (χ1) is 8.15. The highest BCUT2D eigenvalue weighted by atomic mass is 35.5. The van der Waals surface area contributed by atoms with Gasteiger partial charge in [-0.1, -0.05) is 24.9 Å². The zero-order valence-corrected chi connectivity index (χ0v) is 10.7. The number of ether oxygens (including phenoxy) is 1. The number of halogens is 1. The molecule has 0 unspecified atom stereocenters. The van der Waals surface area contributed by atoms with E-state index in [-0.39, 0.29) is 5.69 Å². The van der Waals surface area contributed by atoms with E-state index in [1.54, 1.807) is 10.8 Å². The molecule has 0 amide bonds. The summed E-state index contributed by atoms with van der Waals surface area (Å²) in [5.74, 6) is -0.955. The highest BCUT2D eigenvalue weighted by Gasteiger charge is 2.10. The van der Waals surface area contributed by atoms with E-state index in [1.807, 2.05) is 0 Å². The van der Waals surface area contributed by atoms with E-state index in [4.69, 9.17) is 21.4 Å². The summed E-state index contributed by atoms with van der Waals surface area (Å²) in [7, 11) is 0. The summed E-state index contributed by atoms with van der Waals surface area (Å²) in [6, 6.07) is 1.46. The fraction of sp³-hybridized carbons (Fsp3) is 0.583. The molecule has 1 heterocycles. The third-order valence-corrected chi connectivity index (χ3v) is 2.62. The number of hydrogen-bond acceptors (Lipinski definition) is 2. The summed E-state index contributed by atoms with van der Waals surface area (Å²) >= 11 is 5.78. The zero-order chi connectivity index (χ0) is 12.7. The lowest BCUT2D eigenvalue weighted by molar-refractivity contribution is 0.0683. The quantitative estimate of drug-likeness (QED) is 0.730. The van der Waals surface area contributed by atoms with E-state index in [1.165, 1.54) is 6.07 Å². The van der Waals surface area contributed by atoms with Gasteiger partial charge in [-0.3, -0.25) is 0 Å². The molecule has 0 spiro atoms. The van der Waals surface area contributed by atoms with Crippen LogP contribution in [0.3, 0.4) is 0 Å². The number of aromatic nitrogens is 1. The topological polar surface area (TPSA) is 51.5 Å². The molecule has 0 aromatic carbocycles. The van der Waals surface area contributed by atoms with Gasteiger partial charge in [0.25, 0.3) is 0 Å². The molecule has 0 radical (unpaired) electrons. The van der Waals surface area contributed by atoms with Crippen LogP contribution in [0.5, 0.6) is 0 Å². The van der Waals surface area contributed by atoms with E-state index in [0.717, 1.165) is 25.9 Å². The lowest BCUT2D eigenvalue weighted by Crippen LogP contribution is -2.09. The van der Waals surface area contributed by atoms with E-state index in [9.17, 15) is 4.79 Å². The molecule has 0 bridgehead atoms. The monoisotopic (exact) mass is 259 g/mol. The summed E-state index contributed by atoms with van der Waals surface area (Å²) in [4.78, 5) is 10.9. The molecule has 0 fully saturated rings. The Morgan fingerprint density at radius 2 is 2.18 bits per heavy atom. The number of aromatic carboxylic acids is 1. The second-order valence-electron chi connectivity index (χ2n) is 3.86. The molecule has 96 valence electrons. The molecule has 0 aliphatic carbocycles. The Labute approximate surface area is 106 Å². The van der Waals surface area contributed by atoms with Crippen LogP contribution in [0.25, 0.3) is 0 Å². The largest absolute Gasteiger partial charge is 0.477 e. The van der Waals surface area contributed by atoms with Gasteiger partial charge in [0.2, 0.25) is 0 Å². The van der Waals surface area contributed by atoms with Crippen molar-refractivity contribution >= 4 is 17.6 Å². The van der Waals surface area contributed by atoms with Crippen LogP contribution in [0, 0.1) is 0 Å². The van der Waals surface area contributed by atoms with Crippen LogP contribution in [-0.4, -0.2) is 28.9 Å². The van der Waals surface area contributed by atoms with Gasteiger partial charge in [0, 0.05) is 26.0 Å². The number of aryl methyl sites for hydroxylation is 1. The van der Waals surface area contributed by atoms with Crippen molar-refractivity contribution < 1.29 is 14.6 Å². The van der Waals surface area contributed by atoms with E-state index < -0.39 is 5.97 Å². The fourth-order valence-corrected chi connectivity index (χ4v) is 1.75. The minimum Gasteiger partial charge on any atom is -0.477 e. The number of carboxylic acids is 1. The van der Waals surface area contributed by atoms with Crippen LogP contribution in [-0.2, 0) is 11.3 Å². The van der Waals surface area contributed by atoms with Crippen molar-refractivity contribution in [1.29, 1.82) is 0 Å². The standard InChI is InChI=1S/C12H18ClNO3/c1-2-3-6-17-7-4-5-14-9-10(13)8-11(14)12(15)16/h8-9H,2-7H2,1H3,(H,15,16). The number of unbranched alkanes of at least 4 members (excludes halogenated alkanes) is 1. The minimum atomic E-state index is -0.955. The lowest BCUT2D eigenvalue weighted by atomic mass is 10.3. The van der Waals surface area contributed by atoms with Crippen molar-refractivity contribution in [3.63, 3.8) is 0 Å². The zero-order valence-electron chi connectivity index (χ0n) is 9.99. The Balaban J connectivity index is 2.33. The van der Waals surface area contributed by atoms with Gasteiger partial charge >= 0.3 is 5.97 Å². The predicted molar refractivity (Wildman–Crippen MR) is 66.7 cm³/mol. The van der Waals surface area contributed by atoms with Gasteiger partial charge in [0.05, 0.1) is 5.02 Å². The average Bonchev–Trinajstić information content (AvgIpc) is 2.65. The summed E-state index contributed by atoms with van der Waals surface area (Å²) in [5.41, 5.74) is 0.226. The number of carbonyl (C=O) groups is 1. The third kappa shape index (κ3) is 4.79. The Bertz CT molecular complexity index is 363. The molecule has 0 saturated heterocycles. The highest BCUT2D eigenvalue weighted by molar-refractivity contribution is 6.30. The van der Waals surface area contributed by atoms with Crippen LogP contribution >= 0.6 is 11.6 Å². The van der Waals surface area contributed by atoms with Gasteiger partial charge in [-0.05, 0) is 18.9 Å². The van der Waals surface area contributed by atoms with E-state index in [0.29, 0.717) is 18.2 Å². The maximum absolute atomic E-state index is 10.9. The van der Waals surface area contributed by atoms with Crippen molar-refractivity contribution in [2.75, 3.05) is 13.2 Å². The third-order valence-electron chi connectivity index (χ3n) is 2.41. The van der Waals surface area contributed by atoms with Crippen molar-refractivity contribution in [2.24, 2.45) is 0 Å². The number of rotatable bonds is 8. The molecule has 0 aliphatic heterocycles. The Morgan fingerprint density at radius 1 is 1.47 bits per heavy atom. The van der Waals surface area contributed by atoms with Crippen LogP contribution in [0.1, 0.15) is 36.7 Å². The average molecular weight is 260 g/mol. The molecule has 4 nitrogen and oxygen atoms in total. The van der Waals surface area contributed by atoms with Gasteiger partial charge in [0.1, 0.15) is 5.69 Å². The SMILES string of the molecule is CCCCOCCCn1cc(Cl)cc1C(=O)O. The second kappa shape index (κ2) is 7.35. The van der Waals surface area contributed by atoms with Gasteiger partial charge in [0.15, 0.2) is 0 Å². The van der Waals surface area contributed by atoms with Gasteiger partial charge in [-0.25, -0.2) is 4.79 Å². The first-order valence-electron chi connectivity index (χ1n) is 5.82. The fourth-order valence-electron chi connectivity index (χ4n) is 1.52. The molecular weight excluding hydrogens is 242 g/mol. The van der Waals surface area contributed by atoms with Crippen LogP contribution < -0.4 is 0 Å². The Hall–Kier alpha value is -1.00. The molecule has 17 heavy (non-hydrogen) atoms. The molecule has 0 saturated carbocycles. The van der Waals surface area contributed by atoms with Crippen LogP contribution in [0.15, 0.2) is 12.3 Å². The lowest BCUT2D eigenvalue weighted by Gasteiger charge is -2.06. The van der Waals surface area contributed by atoms with Crippen molar-refractivity contribution in [3.05, 3.63) is 23.0 Å². The van der Waals surface area contributed by atoms with Gasteiger partial charge in [-0.2, -0.15) is 0 Å². The Morgan fingerprint density at radius 3 is 2.82 bits per heavy atom. The molecule has 0 atom stereocenters. The molecule has 5 heteroatoms. The molecule has 1 aromatic rings. The molecule has 1 rings (SSSR count). The first-order valence-corrected chi connectivity index (χ1v) is 6.19. The predicted octanol–water partition coefficient (Wildman–Crippen LogP) is 3.05. The number of nitrogens with zero attached hydrogens (tertiary/aromatic N) is 1. The van der Waals surface area contributed by atoms with E-state index in [2.05, 4.69) is 6.92 Å². The minimum absolute atomic E-state index is 0.226. The number of carboxylic acid groups (broad SMARTS) is 1. The normalized spacial score (nSPS) is 10.7. The van der Waals surface area contributed by atoms with Crippen molar-refractivity contribution in [3.8, 4) is 0 Å². The molecule has 1 N–H and O–H groups in total. The van der Waals surface area contributed by atoms with Crippen LogP contribution in [0.2, 0.25) is 5.02 Å². The maximum Gasteiger partial charge on any atom is 0.352 e. The van der Waals surface area contributed by atoms with Crippen molar-refractivity contribution in [1.82, 2.24) is 4.57 Å².